The number of aliphatic hydroxyl groups is 1. The van der Waals surface area contributed by atoms with Gasteiger partial charge in [0.1, 0.15) is 0 Å². The Labute approximate surface area is 179 Å². The summed E-state index contributed by atoms with van der Waals surface area (Å²) in [6, 6.07) is 8.13. The van der Waals surface area contributed by atoms with Crippen LogP contribution >= 0.6 is 0 Å². The number of hydrogen-bond donors (Lipinski definition) is 2. The van der Waals surface area contributed by atoms with Gasteiger partial charge in [0.15, 0.2) is 14.6 Å². The van der Waals surface area contributed by atoms with Gasteiger partial charge < -0.3 is 10.2 Å². The van der Waals surface area contributed by atoms with Crippen molar-refractivity contribution in [3.8, 4) is 11.8 Å². The molecule has 0 spiro atoms. The molecule has 7 heteroatoms. The maximum absolute atomic E-state index is 11.9. The van der Waals surface area contributed by atoms with Crippen LogP contribution in [0.15, 0.2) is 30.3 Å². The monoisotopic (exact) mass is 433 g/mol. The Bertz CT molecular complexity index is 925. The number of carboxylic acids is 1. The van der Waals surface area contributed by atoms with Gasteiger partial charge in [-0.1, -0.05) is 30.0 Å². The lowest BCUT2D eigenvalue weighted by Crippen LogP contribution is -2.46. The second-order valence-corrected chi connectivity index (χ2v) is 10.3. The van der Waals surface area contributed by atoms with Crippen molar-refractivity contribution >= 4 is 21.4 Å². The molecule has 0 fully saturated rings. The van der Waals surface area contributed by atoms with Crippen molar-refractivity contribution in [3.05, 3.63) is 41.5 Å². The molecule has 0 amide bonds. The highest BCUT2D eigenvalue weighted by molar-refractivity contribution is 7.92. The van der Waals surface area contributed by atoms with E-state index in [1.807, 2.05) is 12.1 Å². The third-order valence-corrected chi connectivity index (χ3v) is 7.68. The number of hydrogen-bond acceptors (Lipinski definition) is 5. The van der Waals surface area contributed by atoms with E-state index in [2.05, 4.69) is 34.9 Å². The number of aliphatic hydroxyl groups excluding tert-OH is 1. The molecule has 164 valence electrons. The third-order valence-electron chi connectivity index (χ3n) is 5.67. The maximum Gasteiger partial charge on any atom is 0.324 e. The highest BCUT2D eigenvalue weighted by atomic mass is 32.2. The molecule has 1 heterocycles. The number of nitrogens with zero attached hydrogens (tertiary/aromatic N) is 1. The number of aliphatic carboxylic acids is 1. The van der Waals surface area contributed by atoms with Crippen LogP contribution in [-0.4, -0.2) is 66.7 Å². The Morgan fingerprint density at radius 2 is 1.93 bits per heavy atom. The summed E-state index contributed by atoms with van der Waals surface area (Å²) in [4.78, 5) is 13.6. The second kappa shape index (κ2) is 10.8. The summed E-state index contributed by atoms with van der Waals surface area (Å²) in [7, 11) is -3.70. The zero-order valence-electron chi connectivity index (χ0n) is 17.7. The molecule has 1 aromatic rings. The van der Waals surface area contributed by atoms with Crippen molar-refractivity contribution in [3.63, 3.8) is 0 Å². The fourth-order valence-corrected chi connectivity index (χ4v) is 4.04. The van der Waals surface area contributed by atoms with E-state index >= 15 is 0 Å². The highest BCUT2D eigenvalue weighted by Gasteiger charge is 2.43. The number of benzene rings is 1. The summed E-state index contributed by atoms with van der Waals surface area (Å²) in [6.45, 7) is 3.34. The number of carbonyl (C=O) groups is 1. The van der Waals surface area contributed by atoms with Gasteiger partial charge in [0, 0.05) is 44.5 Å². The number of sulfone groups is 1. The molecule has 0 radical (unpaired) electrons. The number of rotatable bonds is 9. The molecule has 2 rings (SSSR count). The van der Waals surface area contributed by atoms with E-state index in [1.54, 1.807) is 0 Å². The Morgan fingerprint density at radius 1 is 1.23 bits per heavy atom. The Hall–Kier alpha value is -2.14. The van der Waals surface area contributed by atoms with Gasteiger partial charge >= 0.3 is 5.97 Å². The van der Waals surface area contributed by atoms with Gasteiger partial charge in [-0.3, -0.25) is 9.69 Å². The molecule has 1 aromatic carbocycles. The van der Waals surface area contributed by atoms with Crippen LogP contribution in [0.1, 0.15) is 50.2 Å². The van der Waals surface area contributed by atoms with E-state index in [9.17, 15) is 18.3 Å². The molecule has 0 aliphatic carbocycles. The lowest BCUT2D eigenvalue weighted by atomic mass is 9.98. The zero-order valence-corrected chi connectivity index (χ0v) is 18.5. The van der Waals surface area contributed by atoms with Crippen LogP contribution in [0, 0.1) is 11.8 Å². The van der Waals surface area contributed by atoms with E-state index in [1.165, 1.54) is 12.5 Å². The molecule has 1 aliphatic heterocycles. The molecule has 0 bridgehead atoms. The first-order valence-corrected chi connectivity index (χ1v) is 12.1. The summed E-state index contributed by atoms with van der Waals surface area (Å²) >= 11 is 0. The molecule has 6 nitrogen and oxygen atoms in total. The molecule has 0 saturated carbocycles. The minimum atomic E-state index is -3.70. The minimum absolute atomic E-state index is 0.0655. The van der Waals surface area contributed by atoms with Crippen molar-refractivity contribution in [2.24, 2.45) is 0 Å². The SMILES string of the molecule is CC(CCN1CC=C(c2ccc(C#CCCCCO)cc2)CC1)(C(=O)O)S(C)(=O)=O. The topological polar surface area (TPSA) is 94.9 Å². The van der Waals surface area contributed by atoms with Crippen LogP contribution in [0.5, 0.6) is 0 Å². The van der Waals surface area contributed by atoms with Crippen LogP contribution in [0.2, 0.25) is 0 Å². The summed E-state index contributed by atoms with van der Waals surface area (Å²) in [6.07, 6.45) is 6.47. The van der Waals surface area contributed by atoms with E-state index in [0.717, 1.165) is 49.6 Å². The summed E-state index contributed by atoms with van der Waals surface area (Å²) in [5.74, 6) is 4.96. The van der Waals surface area contributed by atoms with E-state index in [0.29, 0.717) is 13.1 Å². The molecule has 0 aromatic heterocycles. The maximum atomic E-state index is 11.9. The molecule has 1 aliphatic rings. The average molecular weight is 434 g/mol. The van der Waals surface area contributed by atoms with E-state index in [4.69, 9.17) is 5.11 Å². The molecule has 2 N–H and O–H groups in total. The van der Waals surface area contributed by atoms with Crippen LogP contribution in [0.3, 0.4) is 0 Å². The van der Waals surface area contributed by atoms with E-state index in [-0.39, 0.29) is 13.0 Å². The molecular weight excluding hydrogens is 402 g/mol. The van der Waals surface area contributed by atoms with Gasteiger partial charge in [0.2, 0.25) is 0 Å². The number of unbranched alkanes of at least 4 members (excludes halogenated alkanes) is 2. The van der Waals surface area contributed by atoms with Crippen LogP contribution < -0.4 is 0 Å². The molecule has 0 saturated heterocycles. The predicted molar refractivity (Wildman–Crippen MR) is 119 cm³/mol. The van der Waals surface area contributed by atoms with Crippen LogP contribution in [0.4, 0.5) is 0 Å². The molecule has 30 heavy (non-hydrogen) atoms. The average Bonchev–Trinajstić information content (AvgIpc) is 2.72. The van der Waals surface area contributed by atoms with Crippen LogP contribution in [0.25, 0.3) is 5.57 Å². The van der Waals surface area contributed by atoms with Gasteiger partial charge in [0.25, 0.3) is 0 Å². The molecular formula is C23H31NO5S. The van der Waals surface area contributed by atoms with Crippen molar-refractivity contribution in [2.75, 3.05) is 32.5 Å². The van der Waals surface area contributed by atoms with Gasteiger partial charge in [-0.15, -0.1) is 0 Å². The summed E-state index contributed by atoms with van der Waals surface area (Å²) in [5, 5.41) is 18.1. The standard InChI is InChI=1S/C23H31NO5S/c1-23(22(26)27,30(2,28)29)14-17-24-15-12-21(13-16-24)20-10-8-19(9-11-20)7-5-3-4-6-18-25/h8-12,25H,3-4,6,13-18H2,1-2H3,(H,26,27). The Balaban J connectivity index is 1.92. The van der Waals surface area contributed by atoms with Crippen molar-refractivity contribution in [1.82, 2.24) is 4.90 Å². The lowest BCUT2D eigenvalue weighted by Gasteiger charge is -2.30. The Kier molecular flexibility index (Phi) is 8.65. The van der Waals surface area contributed by atoms with Gasteiger partial charge in [-0.2, -0.15) is 0 Å². The normalized spacial score (nSPS) is 16.8. The van der Waals surface area contributed by atoms with Gasteiger partial charge in [0.05, 0.1) is 0 Å². The third kappa shape index (κ3) is 6.43. The fourth-order valence-electron chi connectivity index (χ4n) is 3.26. The first kappa shape index (κ1) is 24.1. The fraction of sp³-hybridized carbons (Fsp3) is 0.522. The first-order valence-electron chi connectivity index (χ1n) is 10.2. The Morgan fingerprint density at radius 3 is 2.47 bits per heavy atom. The lowest BCUT2D eigenvalue weighted by molar-refractivity contribution is -0.139. The summed E-state index contributed by atoms with van der Waals surface area (Å²) in [5.41, 5.74) is 3.35. The second-order valence-electron chi connectivity index (χ2n) is 7.90. The van der Waals surface area contributed by atoms with Gasteiger partial charge in [-0.05, 0) is 55.9 Å². The van der Waals surface area contributed by atoms with Crippen molar-refractivity contribution < 1.29 is 23.4 Å². The largest absolute Gasteiger partial charge is 0.480 e. The highest BCUT2D eigenvalue weighted by Crippen LogP contribution is 2.25. The predicted octanol–water partition coefficient (Wildman–Crippen LogP) is 2.57. The summed E-state index contributed by atoms with van der Waals surface area (Å²) < 4.78 is 22.1. The quantitative estimate of drug-likeness (QED) is 0.459. The molecule has 1 unspecified atom stereocenters. The number of carboxylic acid groups (broad SMARTS) is 1. The molecule has 1 atom stereocenters. The van der Waals surface area contributed by atoms with E-state index < -0.39 is 20.6 Å². The van der Waals surface area contributed by atoms with Crippen LogP contribution in [-0.2, 0) is 14.6 Å². The zero-order chi connectivity index (χ0) is 22.2. The minimum Gasteiger partial charge on any atom is -0.480 e. The smallest absolute Gasteiger partial charge is 0.324 e. The van der Waals surface area contributed by atoms with Crippen molar-refractivity contribution in [1.29, 1.82) is 0 Å². The van der Waals surface area contributed by atoms with Gasteiger partial charge in [-0.25, -0.2) is 8.42 Å². The first-order chi connectivity index (χ1) is 14.2. The van der Waals surface area contributed by atoms with Crippen molar-refractivity contribution in [2.45, 2.75) is 43.8 Å².